The largest absolute Gasteiger partial charge is 0.394 e. The molecule has 0 aliphatic rings. The van der Waals surface area contributed by atoms with E-state index in [0.717, 1.165) is 0 Å². The minimum absolute atomic E-state index is 0. The summed E-state index contributed by atoms with van der Waals surface area (Å²) < 4.78 is 0. The third-order valence-electron chi connectivity index (χ3n) is 0.722. The lowest BCUT2D eigenvalue weighted by molar-refractivity contribution is 0.134. The SMILES string of the molecule is CC(N)(CO)CO.N. The smallest absolute Gasteiger partial charge is 0.0631 e. The highest BCUT2D eigenvalue weighted by atomic mass is 16.3. The number of aliphatic hydroxyl groups excluding tert-OH is 2. The van der Waals surface area contributed by atoms with Crippen LogP contribution >= 0.6 is 0 Å². The van der Waals surface area contributed by atoms with Gasteiger partial charge in [-0.2, -0.15) is 0 Å². The predicted molar refractivity (Wildman–Crippen MR) is 31.8 cm³/mol. The van der Waals surface area contributed by atoms with Crippen molar-refractivity contribution in [3.05, 3.63) is 0 Å². The summed E-state index contributed by atoms with van der Waals surface area (Å²) >= 11 is 0. The van der Waals surface area contributed by atoms with Crippen LogP contribution in [0.15, 0.2) is 0 Å². The van der Waals surface area contributed by atoms with E-state index in [1.807, 2.05) is 0 Å². The second kappa shape index (κ2) is 3.80. The zero-order chi connectivity index (χ0) is 5.91. The fraction of sp³-hybridized carbons (Fsp3) is 1.00. The van der Waals surface area contributed by atoms with Gasteiger partial charge >= 0.3 is 0 Å². The van der Waals surface area contributed by atoms with E-state index in [2.05, 4.69) is 0 Å². The van der Waals surface area contributed by atoms with Crippen LogP contribution in [0.3, 0.4) is 0 Å². The topological polar surface area (TPSA) is 101 Å². The van der Waals surface area contributed by atoms with Crippen molar-refractivity contribution in [2.45, 2.75) is 12.5 Å². The molecule has 0 fully saturated rings. The number of aliphatic hydroxyl groups is 2. The van der Waals surface area contributed by atoms with E-state index in [1.165, 1.54) is 0 Å². The standard InChI is InChI=1S/C4H11NO2.H3N/c1-4(5,2-6)3-7;/h6-7H,2-3,5H2,1H3;1H3. The van der Waals surface area contributed by atoms with E-state index in [-0.39, 0.29) is 19.4 Å². The molecule has 0 bridgehead atoms. The quantitative estimate of drug-likeness (QED) is 0.371. The van der Waals surface area contributed by atoms with Crippen molar-refractivity contribution >= 4 is 0 Å². The van der Waals surface area contributed by atoms with Gasteiger partial charge in [0.15, 0.2) is 0 Å². The van der Waals surface area contributed by atoms with Gasteiger partial charge in [0.2, 0.25) is 0 Å². The van der Waals surface area contributed by atoms with Gasteiger partial charge in [0.1, 0.15) is 0 Å². The summed E-state index contributed by atoms with van der Waals surface area (Å²) in [5.74, 6) is 0. The van der Waals surface area contributed by atoms with Crippen molar-refractivity contribution in [3.8, 4) is 0 Å². The lowest BCUT2D eigenvalue weighted by Crippen LogP contribution is -2.43. The Morgan fingerprint density at radius 1 is 1.38 bits per heavy atom. The van der Waals surface area contributed by atoms with Crippen LogP contribution in [0.1, 0.15) is 6.92 Å². The zero-order valence-electron chi connectivity index (χ0n) is 5.09. The predicted octanol–water partition coefficient (Wildman–Crippen LogP) is -1.15. The zero-order valence-corrected chi connectivity index (χ0v) is 5.09. The maximum absolute atomic E-state index is 8.31. The molecule has 0 aliphatic carbocycles. The van der Waals surface area contributed by atoms with Crippen molar-refractivity contribution in [3.63, 3.8) is 0 Å². The van der Waals surface area contributed by atoms with Crippen molar-refractivity contribution in [2.75, 3.05) is 13.2 Å². The second-order valence-electron chi connectivity index (χ2n) is 1.97. The van der Waals surface area contributed by atoms with Gasteiger partial charge in [-0.15, -0.1) is 0 Å². The Labute approximate surface area is 48.9 Å². The molecule has 0 heterocycles. The molecule has 7 N–H and O–H groups in total. The second-order valence-corrected chi connectivity index (χ2v) is 1.97. The van der Waals surface area contributed by atoms with Gasteiger partial charge in [-0.25, -0.2) is 0 Å². The van der Waals surface area contributed by atoms with Gasteiger partial charge in [0.25, 0.3) is 0 Å². The molecule has 0 spiro atoms. The lowest BCUT2D eigenvalue weighted by atomic mass is 10.1. The van der Waals surface area contributed by atoms with Crippen LogP contribution in [0.4, 0.5) is 0 Å². The molecule has 4 heteroatoms. The molecular weight excluding hydrogens is 108 g/mol. The highest BCUT2D eigenvalue weighted by Gasteiger charge is 2.13. The minimum Gasteiger partial charge on any atom is -0.394 e. The Morgan fingerprint density at radius 3 is 1.62 bits per heavy atom. The number of hydrogen-bond acceptors (Lipinski definition) is 4. The van der Waals surface area contributed by atoms with Crippen LogP contribution in [0.2, 0.25) is 0 Å². The average molecular weight is 122 g/mol. The van der Waals surface area contributed by atoms with E-state index in [0.29, 0.717) is 0 Å². The van der Waals surface area contributed by atoms with Gasteiger partial charge < -0.3 is 22.1 Å². The summed E-state index contributed by atoms with van der Waals surface area (Å²) in [4.78, 5) is 0. The Balaban J connectivity index is 0. The first-order valence-corrected chi connectivity index (χ1v) is 2.13. The fourth-order valence-corrected chi connectivity index (χ4v) is 0.0500. The van der Waals surface area contributed by atoms with Crippen molar-refractivity contribution < 1.29 is 10.2 Å². The fourth-order valence-electron chi connectivity index (χ4n) is 0.0500. The van der Waals surface area contributed by atoms with Crippen LogP contribution in [0.5, 0.6) is 0 Å². The van der Waals surface area contributed by atoms with Crippen LogP contribution in [-0.4, -0.2) is 29.0 Å². The van der Waals surface area contributed by atoms with Gasteiger partial charge in [-0.05, 0) is 6.92 Å². The van der Waals surface area contributed by atoms with Crippen molar-refractivity contribution in [1.29, 1.82) is 0 Å². The summed E-state index contributed by atoms with van der Waals surface area (Å²) in [6, 6.07) is 0. The average Bonchev–Trinajstić information content (AvgIpc) is 1.68. The van der Waals surface area contributed by atoms with Crippen molar-refractivity contribution in [1.82, 2.24) is 6.15 Å². The Kier molecular flexibility index (Phi) is 5.10. The van der Waals surface area contributed by atoms with E-state index >= 15 is 0 Å². The third-order valence-corrected chi connectivity index (χ3v) is 0.722. The number of rotatable bonds is 2. The van der Waals surface area contributed by atoms with Crippen LogP contribution in [-0.2, 0) is 0 Å². The maximum Gasteiger partial charge on any atom is 0.0631 e. The van der Waals surface area contributed by atoms with Crippen LogP contribution in [0, 0.1) is 0 Å². The van der Waals surface area contributed by atoms with E-state index in [9.17, 15) is 0 Å². The third kappa shape index (κ3) is 4.01. The Hall–Kier alpha value is -0.160. The number of hydrogen-bond donors (Lipinski definition) is 4. The highest BCUT2D eigenvalue weighted by molar-refractivity contribution is 4.74. The van der Waals surface area contributed by atoms with Gasteiger partial charge in [0.05, 0.1) is 18.8 Å². The molecule has 0 rings (SSSR count). The Morgan fingerprint density at radius 2 is 1.62 bits per heavy atom. The molecule has 0 atom stereocenters. The van der Waals surface area contributed by atoms with Crippen molar-refractivity contribution in [2.24, 2.45) is 5.73 Å². The van der Waals surface area contributed by atoms with E-state index < -0.39 is 5.54 Å². The van der Waals surface area contributed by atoms with E-state index in [1.54, 1.807) is 6.92 Å². The van der Waals surface area contributed by atoms with Gasteiger partial charge in [0, 0.05) is 0 Å². The normalized spacial score (nSPS) is 10.5. The maximum atomic E-state index is 8.31. The van der Waals surface area contributed by atoms with Crippen LogP contribution < -0.4 is 11.9 Å². The lowest BCUT2D eigenvalue weighted by Gasteiger charge is -2.16. The summed E-state index contributed by atoms with van der Waals surface area (Å²) in [6.45, 7) is 1.22. The van der Waals surface area contributed by atoms with Gasteiger partial charge in [-0.3, -0.25) is 0 Å². The molecule has 0 radical (unpaired) electrons. The summed E-state index contributed by atoms with van der Waals surface area (Å²) in [7, 11) is 0. The molecule has 0 aromatic heterocycles. The van der Waals surface area contributed by atoms with Gasteiger partial charge in [-0.1, -0.05) is 0 Å². The molecule has 0 amide bonds. The molecule has 0 unspecified atom stereocenters. The highest BCUT2D eigenvalue weighted by Crippen LogP contribution is 1.91. The summed E-state index contributed by atoms with van der Waals surface area (Å²) in [5, 5.41) is 16.6. The molecule has 8 heavy (non-hydrogen) atoms. The Bertz CT molecular complexity index is 50.0. The molecule has 4 nitrogen and oxygen atoms in total. The first-order valence-electron chi connectivity index (χ1n) is 2.13. The first kappa shape index (κ1) is 10.8. The molecule has 0 saturated heterocycles. The molecule has 0 aliphatic heterocycles. The monoisotopic (exact) mass is 122 g/mol. The summed E-state index contributed by atoms with van der Waals surface area (Å²) in [6.07, 6.45) is 0. The first-order chi connectivity index (χ1) is 3.12. The minimum atomic E-state index is -0.806. The number of nitrogens with two attached hydrogens (primary N) is 1. The summed E-state index contributed by atoms with van der Waals surface area (Å²) in [5.41, 5.74) is 4.41. The molecule has 0 aromatic carbocycles. The molecule has 0 saturated carbocycles. The van der Waals surface area contributed by atoms with E-state index in [4.69, 9.17) is 15.9 Å². The molecule has 0 aromatic rings. The van der Waals surface area contributed by atoms with Crippen LogP contribution in [0.25, 0.3) is 0 Å². The molecular formula is C4H14N2O2. The molecule has 52 valence electrons.